The molecule has 3 aromatic rings. The summed E-state index contributed by atoms with van der Waals surface area (Å²) in [6.07, 6.45) is 0.455. The summed E-state index contributed by atoms with van der Waals surface area (Å²) in [5, 5.41) is 3.25. The molecule has 0 fully saturated rings. The van der Waals surface area contributed by atoms with E-state index in [2.05, 4.69) is 10.3 Å². The lowest BCUT2D eigenvalue weighted by Gasteiger charge is -2.06. The lowest BCUT2D eigenvalue weighted by atomic mass is 10.1. The van der Waals surface area contributed by atoms with Crippen molar-refractivity contribution >= 4 is 38.4 Å². The van der Waals surface area contributed by atoms with Crippen LogP contribution in [0.5, 0.6) is 11.5 Å². The lowest BCUT2D eigenvalue weighted by molar-refractivity contribution is -0.118. The highest BCUT2D eigenvalue weighted by atomic mass is 32.1. The monoisotopic (exact) mass is 384 g/mol. The van der Waals surface area contributed by atoms with Crippen LogP contribution in [0.4, 0.5) is 5.13 Å². The molecule has 1 aromatic heterocycles. The summed E-state index contributed by atoms with van der Waals surface area (Å²) in [5.41, 5.74) is 1.44. The van der Waals surface area contributed by atoms with Gasteiger partial charge in [0, 0.05) is 12.0 Å². The number of benzene rings is 2. The summed E-state index contributed by atoms with van der Waals surface area (Å²) in [6, 6.07) is 12.4. The molecule has 0 aliphatic heterocycles. The number of aromatic nitrogens is 1. The van der Waals surface area contributed by atoms with Crippen LogP contribution >= 0.6 is 11.3 Å². The maximum Gasteiger partial charge on any atom is 0.264 e. The van der Waals surface area contributed by atoms with Gasteiger partial charge in [-0.1, -0.05) is 18.3 Å². The van der Waals surface area contributed by atoms with Gasteiger partial charge in [-0.3, -0.25) is 14.9 Å². The third-order valence-electron chi connectivity index (χ3n) is 3.78. The normalized spacial score (nSPS) is 10.6. The van der Waals surface area contributed by atoms with Crippen LogP contribution in [-0.4, -0.2) is 29.9 Å². The number of nitrogens with zero attached hydrogens (tertiary/aromatic N) is 1. The summed E-state index contributed by atoms with van der Waals surface area (Å²) >= 11 is 1.38. The van der Waals surface area contributed by atoms with Gasteiger partial charge in [-0.15, -0.1) is 0 Å². The summed E-state index contributed by atoms with van der Waals surface area (Å²) in [5.74, 6) is 1.08. The zero-order chi connectivity index (χ0) is 19.2. The van der Waals surface area contributed by atoms with Crippen molar-refractivity contribution < 1.29 is 19.1 Å². The number of Topliss-reactive ketones (excluding diaryl/α,β-unsaturated/α-hetero) is 1. The number of carbonyl (C=O) groups excluding carboxylic acids is 2. The van der Waals surface area contributed by atoms with E-state index < -0.39 is 0 Å². The maximum absolute atomic E-state index is 12.1. The molecule has 1 heterocycles. The fraction of sp³-hybridized carbons (Fsp3) is 0.250. The Kier molecular flexibility index (Phi) is 6.03. The van der Waals surface area contributed by atoms with E-state index in [0.717, 1.165) is 16.0 Å². The van der Waals surface area contributed by atoms with Crippen molar-refractivity contribution in [3.8, 4) is 11.5 Å². The second-order valence-corrected chi connectivity index (χ2v) is 6.75. The quantitative estimate of drug-likeness (QED) is 0.586. The van der Waals surface area contributed by atoms with E-state index in [4.69, 9.17) is 9.47 Å². The lowest BCUT2D eigenvalue weighted by Crippen LogP contribution is -2.20. The molecule has 0 radical (unpaired) electrons. The van der Waals surface area contributed by atoms with Gasteiger partial charge >= 0.3 is 0 Å². The molecular weight excluding hydrogens is 364 g/mol. The zero-order valence-corrected chi connectivity index (χ0v) is 16.0. The van der Waals surface area contributed by atoms with Gasteiger partial charge in [-0.2, -0.15) is 0 Å². The second-order valence-electron chi connectivity index (χ2n) is 5.72. The van der Waals surface area contributed by atoms with Gasteiger partial charge in [0.25, 0.3) is 5.91 Å². The fourth-order valence-electron chi connectivity index (χ4n) is 2.46. The predicted octanol–water partition coefficient (Wildman–Crippen LogP) is 4.31. The molecule has 0 saturated carbocycles. The Morgan fingerprint density at radius 1 is 1.04 bits per heavy atom. The first-order chi connectivity index (χ1) is 13.1. The standard InChI is InChI=1S/C20H20N2O4S/c1-3-17(23)13-5-7-14(8-6-13)26-12-19(24)22-20-21-16-10-9-15(25-4-2)11-18(16)27-20/h5-11H,3-4,12H2,1-2H3,(H,21,22,24). The molecule has 3 rings (SSSR count). The first-order valence-corrected chi connectivity index (χ1v) is 9.50. The van der Waals surface area contributed by atoms with Gasteiger partial charge in [0.1, 0.15) is 11.5 Å². The van der Waals surface area contributed by atoms with Crippen LogP contribution in [0.25, 0.3) is 10.2 Å². The van der Waals surface area contributed by atoms with Crippen LogP contribution in [0, 0.1) is 0 Å². The fourth-order valence-corrected chi connectivity index (χ4v) is 3.37. The molecule has 6 nitrogen and oxygen atoms in total. The van der Waals surface area contributed by atoms with E-state index in [1.54, 1.807) is 24.3 Å². The number of rotatable bonds is 8. The highest BCUT2D eigenvalue weighted by Gasteiger charge is 2.10. The first kappa shape index (κ1) is 18.8. The highest BCUT2D eigenvalue weighted by molar-refractivity contribution is 7.22. The topological polar surface area (TPSA) is 77.5 Å². The van der Waals surface area contributed by atoms with E-state index in [9.17, 15) is 9.59 Å². The average Bonchev–Trinajstić information content (AvgIpc) is 3.08. The van der Waals surface area contributed by atoms with Crippen molar-refractivity contribution in [2.24, 2.45) is 0 Å². The largest absolute Gasteiger partial charge is 0.494 e. The maximum atomic E-state index is 12.1. The average molecular weight is 384 g/mol. The van der Waals surface area contributed by atoms with Gasteiger partial charge in [0.05, 0.1) is 16.8 Å². The Balaban J connectivity index is 1.57. The van der Waals surface area contributed by atoms with Crippen LogP contribution in [-0.2, 0) is 4.79 Å². The third-order valence-corrected chi connectivity index (χ3v) is 4.72. The minimum absolute atomic E-state index is 0.0719. The van der Waals surface area contributed by atoms with Gasteiger partial charge in [-0.05, 0) is 49.4 Å². The molecule has 0 atom stereocenters. The number of thiazole rings is 1. The number of carbonyl (C=O) groups is 2. The minimum atomic E-state index is -0.298. The first-order valence-electron chi connectivity index (χ1n) is 8.68. The SMILES string of the molecule is CCOc1ccc2nc(NC(=O)COc3ccc(C(=O)CC)cc3)sc2c1. The Morgan fingerprint density at radius 2 is 1.78 bits per heavy atom. The van der Waals surface area contributed by atoms with Crippen molar-refractivity contribution in [1.82, 2.24) is 4.98 Å². The molecule has 2 aromatic carbocycles. The molecule has 1 amide bonds. The molecule has 140 valence electrons. The zero-order valence-electron chi connectivity index (χ0n) is 15.2. The summed E-state index contributed by atoms with van der Waals surface area (Å²) in [4.78, 5) is 28.1. The van der Waals surface area contributed by atoms with Crippen molar-refractivity contribution in [3.63, 3.8) is 0 Å². The second kappa shape index (κ2) is 8.64. The summed E-state index contributed by atoms with van der Waals surface area (Å²) in [7, 11) is 0. The number of hydrogen-bond donors (Lipinski definition) is 1. The Hall–Kier alpha value is -2.93. The predicted molar refractivity (Wildman–Crippen MR) is 106 cm³/mol. The molecule has 27 heavy (non-hydrogen) atoms. The smallest absolute Gasteiger partial charge is 0.264 e. The van der Waals surface area contributed by atoms with Crippen LogP contribution < -0.4 is 14.8 Å². The Bertz CT molecular complexity index is 950. The molecule has 0 spiro atoms. The summed E-state index contributed by atoms with van der Waals surface area (Å²) < 4.78 is 11.9. The number of anilines is 1. The van der Waals surface area contributed by atoms with Crippen molar-refractivity contribution in [2.75, 3.05) is 18.5 Å². The molecule has 0 unspecified atom stereocenters. The molecular formula is C20H20N2O4S. The van der Waals surface area contributed by atoms with E-state index in [1.165, 1.54) is 11.3 Å². The van der Waals surface area contributed by atoms with Gasteiger partial charge in [-0.25, -0.2) is 4.98 Å². The number of ketones is 1. The van der Waals surface area contributed by atoms with Gasteiger partial charge in [0.2, 0.25) is 0 Å². The molecule has 7 heteroatoms. The van der Waals surface area contributed by atoms with E-state index >= 15 is 0 Å². The van der Waals surface area contributed by atoms with E-state index in [0.29, 0.717) is 29.5 Å². The molecule has 0 bridgehead atoms. The third kappa shape index (κ3) is 4.83. The van der Waals surface area contributed by atoms with E-state index in [-0.39, 0.29) is 18.3 Å². The Labute approximate surface area is 161 Å². The molecule has 0 aliphatic carbocycles. The van der Waals surface area contributed by atoms with Gasteiger partial charge in [0.15, 0.2) is 17.5 Å². The van der Waals surface area contributed by atoms with Crippen LogP contribution in [0.1, 0.15) is 30.6 Å². The number of amides is 1. The number of hydrogen-bond acceptors (Lipinski definition) is 6. The van der Waals surface area contributed by atoms with Crippen LogP contribution in [0.15, 0.2) is 42.5 Å². The number of ether oxygens (including phenoxy) is 2. The molecule has 1 N–H and O–H groups in total. The van der Waals surface area contributed by atoms with Crippen molar-refractivity contribution in [1.29, 1.82) is 0 Å². The molecule has 0 saturated heterocycles. The van der Waals surface area contributed by atoms with Crippen LogP contribution in [0.2, 0.25) is 0 Å². The number of fused-ring (bicyclic) bond motifs is 1. The van der Waals surface area contributed by atoms with Crippen LogP contribution in [0.3, 0.4) is 0 Å². The minimum Gasteiger partial charge on any atom is -0.494 e. The summed E-state index contributed by atoms with van der Waals surface area (Å²) in [6.45, 7) is 4.20. The van der Waals surface area contributed by atoms with Crippen molar-refractivity contribution in [2.45, 2.75) is 20.3 Å². The van der Waals surface area contributed by atoms with Crippen molar-refractivity contribution in [3.05, 3.63) is 48.0 Å². The Morgan fingerprint density at radius 3 is 2.48 bits per heavy atom. The van der Waals surface area contributed by atoms with E-state index in [1.807, 2.05) is 32.0 Å². The molecule has 0 aliphatic rings. The number of nitrogens with one attached hydrogen (secondary N) is 1. The van der Waals surface area contributed by atoms with Gasteiger partial charge < -0.3 is 9.47 Å². The highest BCUT2D eigenvalue weighted by Crippen LogP contribution is 2.29.